The van der Waals surface area contributed by atoms with Gasteiger partial charge in [-0.1, -0.05) is 0 Å². The van der Waals surface area contributed by atoms with Crippen molar-refractivity contribution in [3.8, 4) is 0 Å². The van der Waals surface area contributed by atoms with E-state index in [4.69, 9.17) is 9.47 Å². The fraction of sp³-hybridized carbons (Fsp3) is 0.923. The summed E-state index contributed by atoms with van der Waals surface area (Å²) in [5.41, 5.74) is 0. The topological polar surface area (TPSA) is 35.5 Å². The van der Waals surface area contributed by atoms with Gasteiger partial charge >= 0.3 is 0 Å². The summed E-state index contributed by atoms with van der Waals surface area (Å²) in [4.78, 5) is 12.1. The van der Waals surface area contributed by atoms with Gasteiger partial charge in [-0.05, 0) is 12.2 Å². The highest BCUT2D eigenvalue weighted by molar-refractivity contribution is 7.99. The smallest absolute Gasteiger partial charge is 0.140 e. The van der Waals surface area contributed by atoms with Crippen LogP contribution in [-0.2, 0) is 14.3 Å². The van der Waals surface area contributed by atoms with Gasteiger partial charge < -0.3 is 9.47 Å². The molecule has 2 saturated heterocycles. The van der Waals surface area contributed by atoms with E-state index in [9.17, 15) is 4.79 Å². The summed E-state index contributed by atoms with van der Waals surface area (Å²) in [5, 5.41) is 0. The zero-order valence-corrected chi connectivity index (χ0v) is 12.7. The molecule has 0 aromatic rings. The summed E-state index contributed by atoms with van der Waals surface area (Å²) >= 11 is 3.83. The molecule has 0 aromatic carbocycles. The molecule has 104 valence electrons. The number of methoxy groups -OCH3 is 2. The first kappa shape index (κ1) is 14.7. The van der Waals surface area contributed by atoms with E-state index in [1.165, 1.54) is 0 Å². The minimum atomic E-state index is 0.0306. The van der Waals surface area contributed by atoms with Gasteiger partial charge in [0.2, 0.25) is 0 Å². The molecule has 0 saturated carbocycles. The number of rotatable bonds is 4. The molecule has 0 aromatic heterocycles. The summed E-state index contributed by atoms with van der Waals surface area (Å²) in [6, 6.07) is 0. The Hall–Kier alpha value is 0.290. The predicted octanol–water partition coefficient (Wildman–Crippen LogP) is 2.09. The van der Waals surface area contributed by atoms with E-state index in [-0.39, 0.29) is 18.1 Å². The van der Waals surface area contributed by atoms with Gasteiger partial charge in [0.1, 0.15) is 5.78 Å². The molecule has 4 atom stereocenters. The van der Waals surface area contributed by atoms with Gasteiger partial charge in [0.05, 0.1) is 18.1 Å². The lowest BCUT2D eigenvalue weighted by Crippen LogP contribution is -2.47. The lowest BCUT2D eigenvalue weighted by atomic mass is 9.84. The van der Waals surface area contributed by atoms with Crippen molar-refractivity contribution < 1.29 is 14.3 Å². The Morgan fingerprint density at radius 1 is 1.22 bits per heavy atom. The first-order valence-electron chi connectivity index (χ1n) is 6.51. The second-order valence-corrected chi connectivity index (χ2v) is 7.20. The molecule has 2 aliphatic rings. The van der Waals surface area contributed by atoms with Crippen LogP contribution in [0.2, 0.25) is 0 Å². The Bertz CT molecular complexity index is 285. The second-order valence-electron chi connectivity index (χ2n) is 4.90. The standard InChI is InChI=1S/C13H22O3S2/c1-15-12-4-6-18-8-10(12)13(16-2)9-7-17-5-3-11(9)14/h9-10,12-13H,3-8H2,1-2H3/t9-,10-,12-,13+/m0/s1. The first-order valence-corrected chi connectivity index (χ1v) is 8.82. The number of hydrogen-bond acceptors (Lipinski definition) is 5. The van der Waals surface area contributed by atoms with E-state index in [1.807, 2.05) is 23.5 Å². The van der Waals surface area contributed by atoms with Crippen molar-refractivity contribution in [2.45, 2.75) is 25.0 Å². The lowest BCUT2D eigenvalue weighted by molar-refractivity contribution is -0.130. The van der Waals surface area contributed by atoms with Crippen LogP contribution in [0, 0.1) is 11.8 Å². The van der Waals surface area contributed by atoms with Crippen LogP contribution in [-0.4, -0.2) is 55.2 Å². The maximum absolute atomic E-state index is 12.1. The number of ether oxygens (including phenoxy) is 2. The normalized spacial score (nSPS) is 35.4. The molecular weight excluding hydrogens is 268 g/mol. The van der Waals surface area contributed by atoms with Crippen molar-refractivity contribution in [3.05, 3.63) is 0 Å². The van der Waals surface area contributed by atoms with E-state index in [0.717, 1.165) is 29.4 Å². The van der Waals surface area contributed by atoms with Gasteiger partial charge in [-0.3, -0.25) is 4.79 Å². The van der Waals surface area contributed by atoms with Gasteiger partial charge in [0.25, 0.3) is 0 Å². The van der Waals surface area contributed by atoms with Gasteiger partial charge in [0, 0.05) is 43.8 Å². The molecule has 2 fully saturated rings. The van der Waals surface area contributed by atoms with E-state index >= 15 is 0 Å². The van der Waals surface area contributed by atoms with Crippen molar-refractivity contribution in [3.63, 3.8) is 0 Å². The molecule has 18 heavy (non-hydrogen) atoms. The SMILES string of the molecule is CO[C@@H]([C@H]1CSCC[C@@H]1OC)[C@H]1CSCCC1=O. The Balaban J connectivity index is 2.07. The van der Waals surface area contributed by atoms with E-state index in [1.54, 1.807) is 14.2 Å². The predicted molar refractivity (Wildman–Crippen MR) is 77.5 cm³/mol. The highest BCUT2D eigenvalue weighted by Gasteiger charge is 2.40. The van der Waals surface area contributed by atoms with Crippen molar-refractivity contribution in [1.82, 2.24) is 0 Å². The Morgan fingerprint density at radius 3 is 2.67 bits per heavy atom. The molecule has 2 aliphatic heterocycles. The lowest BCUT2D eigenvalue weighted by Gasteiger charge is -2.39. The molecular formula is C13H22O3S2. The van der Waals surface area contributed by atoms with Crippen LogP contribution < -0.4 is 0 Å². The quantitative estimate of drug-likeness (QED) is 0.792. The molecule has 0 radical (unpaired) electrons. The van der Waals surface area contributed by atoms with E-state index in [2.05, 4.69) is 0 Å². The van der Waals surface area contributed by atoms with Gasteiger partial charge in [0.15, 0.2) is 0 Å². The zero-order valence-electron chi connectivity index (χ0n) is 11.1. The average Bonchev–Trinajstić information content (AvgIpc) is 2.42. The van der Waals surface area contributed by atoms with Crippen molar-refractivity contribution >= 4 is 29.3 Å². The zero-order chi connectivity index (χ0) is 13.0. The van der Waals surface area contributed by atoms with E-state index < -0.39 is 0 Å². The molecule has 0 unspecified atom stereocenters. The summed E-state index contributed by atoms with van der Waals surface area (Å²) in [7, 11) is 3.51. The number of thioether (sulfide) groups is 2. The molecule has 0 amide bonds. The number of Topliss-reactive ketones (excluding diaryl/α,β-unsaturated/α-hetero) is 1. The third-order valence-corrected chi connectivity index (χ3v) is 6.16. The number of carbonyl (C=O) groups is 1. The Labute approximate surface area is 118 Å². The fourth-order valence-corrected chi connectivity index (χ4v) is 5.30. The maximum Gasteiger partial charge on any atom is 0.140 e. The number of hydrogen-bond donors (Lipinski definition) is 0. The average molecular weight is 290 g/mol. The van der Waals surface area contributed by atoms with Crippen LogP contribution in [0.3, 0.4) is 0 Å². The number of ketones is 1. The van der Waals surface area contributed by atoms with Crippen LogP contribution in [0.15, 0.2) is 0 Å². The number of carbonyl (C=O) groups excluding carboxylic acids is 1. The van der Waals surface area contributed by atoms with Crippen LogP contribution >= 0.6 is 23.5 Å². The minimum Gasteiger partial charge on any atom is -0.381 e. The summed E-state index contributed by atoms with van der Waals surface area (Å²) < 4.78 is 11.3. The third kappa shape index (κ3) is 3.24. The molecule has 0 aliphatic carbocycles. The second kappa shape index (κ2) is 7.17. The van der Waals surface area contributed by atoms with Crippen LogP contribution in [0.1, 0.15) is 12.8 Å². The van der Waals surface area contributed by atoms with E-state index in [0.29, 0.717) is 18.1 Å². The Kier molecular flexibility index (Phi) is 5.86. The van der Waals surface area contributed by atoms with Gasteiger partial charge in [-0.15, -0.1) is 0 Å². The maximum atomic E-state index is 12.1. The highest BCUT2D eigenvalue weighted by Crippen LogP contribution is 2.35. The summed E-state index contributed by atoms with van der Waals surface area (Å²) in [6.07, 6.45) is 2.05. The summed E-state index contributed by atoms with van der Waals surface area (Å²) in [5.74, 6) is 4.88. The van der Waals surface area contributed by atoms with Gasteiger partial charge in [-0.25, -0.2) is 0 Å². The van der Waals surface area contributed by atoms with Gasteiger partial charge in [-0.2, -0.15) is 23.5 Å². The molecule has 0 spiro atoms. The third-order valence-electron chi connectivity index (χ3n) is 3.93. The first-order chi connectivity index (χ1) is 8.77. The molecule has 3 nitrogen and oxygen atoms in total. The minimum absolute atomic E-state index is 0.0306. The molecule has 0 bridgehead atoms. The molecule has 5 heteroatoms. The van der Waals surface area contributed by atoms with Crippen molar-refractivity contribution in [2.75, 3.05) is 37.2 Å². The van der Waals surface area contributed by atoms with Crippen molar-refractivity contribution in [1.29, 1.82) is 0 Å². The molecule has 0 N–H and O–H groups in total. The van der Waals surface area contributed by atoms with Crippen LogP contribution in [0.25, 0.3) is 0 Å². The largest absolute Gasteiger partial charge is 0.381 e. The van der Waals surface area contributed by atoms with Crippen LogP contribution in [0.5, 0.6) is 0 Å². The Morgan fingerprint density at radius 2 is 2.00 bits per heavy atom. The molecule has 2 heterocycles. The summed E-state index contributed by atoms with van der Waals surface area (Å²) in [6.45, 7) is 0. The van der Waals surface area contributed by atoms with Crippen LogP contribution in [0.4, 0.5) is 0 Å². The highest BCUT2D eigenvalue weighted by atomic mass is 32.2. The fourth-order valence-electron chi connectivity index (χ4n) is 2.92. The molecule has 2 rings (SSSR count). The van der Waals surface area contributed by atoms with Crippen molar-refractivity contribution in [2.24, 2.45) is 11.8 Å². The monoisotopic (exact) mass is 290 g/mol.